The lowest BCUT2D eigenvalue weighted by Crippen LogP contribution is -2.41. The number of nitrogens with zero attached hydrogens (tertiary/aromatic N) is 3. The molecule has 0 radical (unpaired) electrons. The molecule has 6 heteroatoms. The fourth-order valence-electron chi connectivity index (χ4n) is 2.98. The fourth-order valence-corrected chi connectivity index (χ4v) is 4.11. The quantitative estimate of drug-likeness (QED) is 0.866. The summed E-state index contributed by atoms with van der Waals surface area (Å²) in [5.41, 5.74) is 0.900. The van der Waals surface area contributed by atoms with Crippen LogP contribution in [-0.4, -0.2) is 57.3 Å². The third-order valence-corrected chi connectivity index (χ3v) is 5.49. The summed E-state index contributed by atoms with van der Waals surface area (Å²) < 4.78 is 12.0. The Morgan fingerprint density at radius 2 is 1.77 bits per heavy atom. The van der Waals surface area contributed by atoms with Gasteiger partial charge in [0.2, 0.25) is 0 Å². The van der Waals surface area contributed by atoms with Gasteiger partial charge >= 0.3 is 0 Å². The average molecular weight is 321 g/mol. The Labute approximate surface area is 135 Å². The van der Waals surface area contributed by atoms with E-state index in [0.717, 1.165) is 39.9 Å². The van der Waals surface area contributed by atoms with Crippen LogP contribution in [0.3, 0.4) is 0 Å². The summed E-state index contributed by atoms with van der Waals surface area (Å²) in [6.07, 6.45) is 2.36. The second-order valence-electron chi connectivity index (χ2n) is 5.83. The molecule has 1 aromatic carbocycles. The van der Waals surface area contributed by atoms with Gasteiger partial charge in [0.25, 0.3) is 0 Å². The number of aromatic nitrogens is 1. The molecule has 5 nitrogen and oxygen atoms in total. The monoisotopic (exact) mass is 321 g/mol. The minimum absolute atomic E-state index is 0.676. The molecule has 120 valence electrons. The Kier molecular flexibility index (Phi) is 4.40. The summed E-state index contributed by atoms with van der Waals surface area (Å²) in [6.45, 7) is 2.10. The van der Waals surface area contributed by atoms with Crippen molar-refractivity contribution in [1.29, 1.82) is 0 Å². The minimum atomic E-state index is 0.676. The largest absolute Gasteiger partial charge is 0.495 e. The van der Waals surface area contributed by atoms with Crippen LogP contribution in [0.15, 0.2) is 12.1 Å². The highest BCUT2D eigenvalue weighted by Crippen LogP contribution is 2.40. The zero-order valence-corrected chi connectivity index (χ0v) is 14.4. The maximum absolute atomic E-state index is 5.47. The van der Waals surface area contributed by atoms with E-state index in [2.05, 4.69) is 23.9 Å². The molecule has 1 aliphatic rings. The summed E-state index contributed by atoms with van der Waals surface area (Å²) >= 11 is 1.69. The van der Waals surface area contributed by atoms with E-state index in [4.69, 9.17) is 14.5 Å². The van der Waals surface area contributed by atoms with Crippen molar-refractivity contribution in [1.82, 2.24) is 9.88 Å². The first-order chi connectivity index (χ1) is 10.6. The molecule has 2 aromatic rings. The van der Waals surface area contributed by atoms with Crippen molar-refractivity contribution in [2.75, 3.05) is 46.3 Å². The van der Waals surface area contributed by atoms with Gasteiger partial charge in [-0.1, -0.05) is 11.3 Å². The topological polar surface area (TPSA) is 37.8 Å². The van der Waals surface area contributed by atoms with Crippen molar-refractivity contribution in [2.24, 2.45) is 0 Å². The van der Waals surface area contributed by atoms with Gasteiger partial charge in [0.05, 0.1) is 14.2 Å². The van der Waals surface area contributed by atoms with E-state index < -0.39 is 0 Å². The van der Waals surface area contributed by atoms with Crippen LogP contribution in [0.1, 0.15) is 12.8 Å². The van der Waals surface area contributed by atoms with Crippen LogP contribution in [0.4, 0.5) is 5.13 Å². The lowest BCUT2D eigenvalue weighted by atomic mass is 10.0. The molecule has 1 fully saturated rings. The molecule has 2 heterocycles. The fraction of sp³-hybridized carbons (Fsp3) is 0.562. The molecule has 22 heavy (non-hydrogen) atoms. The molecule has 0 atom stereocenters. The first-order valence-corrected chi connectivity index (χ1v) is 8.38. The predicted octanol–water partition coefficient (Wildman–Crippen LogP) is 2.84. The summed E-state index contributed by atoms with van der Waals surface area (Å²) in [5, 5.41) is 1.06. The highest BCUT2D eigenvalue weighted by atomic mass is 32.1. The number of thiazole rings is 1. The molecule has 0 unspecified atom stereocenters. The third kappa shape index (κ3) is 2.73. The number of hydrogen-bond donors (Lipinski definition) is 0. The number of fused-ring (bicyclic) bond motifs is 1. The van der Waals surface area contributed by atoms with Crippen LogP contribution in [-0.2, 0) is 0 Å². The summed E-state index contributed by atoms with van der Waals surface area (Å²) in [6, 6.07) is 4.54. The average Bonchev–Trinajstić information content (AvgIpc) is 2.99. The molecule has 0 saturated carbocycles. The zero-order valence-electron chi connectivity index (χ0n) is 13.6. The summed E-state index contributed by atoms with van der Waals surface area (Å²) in [5.74, 6) is 1.67. The predicted molar refractivity (Wildman–Crippen MR) is 91.6 cm³/mol. The van der Waals surface area contributed by atoms with Crippen LogP contribution in [0.5, 0.6) is 11.5 Å². The molecule has 0 spiro atoms. The molecular formula is C16H23N3O2S. The lowest BCUT2D eigenvalue weighted by Gasteiger charge is -2.34. The lowest BCUT2D eigenvalue weighted by molar-refractivity contribution is 0.249. The highest BCUT2D eigenvalue weighted by molar-refractivity contribution is 7.22. The van der Waals surface area contributed by atoms with E-state index in [1.165, 1.54) is 12.8 Å². The van der Waals surface area contributed by atoms with Crippen molar-refractivity contribution in [2.45, 2.75) is 18.9 Å². The third-order valence-electron chi connectivity index (χ3n) is 4.36. The number of ether oxygens (including phenoxy) is 2. The van der Waals surface area contributed by atoms with Gasteiger partial charge < -0.3 is 19.3 Å². The normalized spacial score (nSPS) is 16.5. The van der Waals surface area contributed by atoms with Crippen molar-refractivity contribution in [3.8, 4) is 11.5 Å². The number of methoxy groups -OCH3 is 2. The van der Waals surface area contributed by atoms with Gasteiger partial charge in [-0.2, -0.15) is 0 Å². The second kappa shape index (κ2) is 6.30. The highest BCUT2D eigenvalue weighted by Gasteiger charge is 2.24. The molecule has 0 aliphatic carbocycles. The van der Waals surface area contributed by atoms with Crippen LogP contribution in [0, 0.1) is 0 Å². The van der Waals surface area contributed by atoms with Gasteiger partial charge in [-0.25, -0.2) is 4.98 Å². The molecular weight excluding hydrogens is 298 g/mol. The Balaban J connectivity index is 1.89. The van der Waals surface area contributed by atoms with Crippen LogP contribution in [0.25, 0.3) is 10.2 Å². The van der Waals surface area contributed by atoms with Crippen molar-refractivity contribution in [3.63, 3.8) is 0 Å². The standard InChI is InChI=1S/C16H23N3O2S/c1-18(2)11-7-9-19(10-8-11)16-17-14-12(20-3)5-6-13(21-4)15(14)22-16/h5-6,11H,7-10H2,1-4H3. The van der Waals surface area contributed by atoms with E-state index in [1.54, 1.807) is 25.6 Å². The van der Waals surface area contributed by atoms with Gasteiger partial charge in [0, 0.05) is 19.1 Å². The number of rotatable bonds is 4. The number of hydrogen-bond acceptors (Lipinski definition) is 6. The summed E-state index contributed by atoms with van der Waals surface area (Å²) in [7, 11) is 7.70. The molecule has 1 aromatic heterocycles. The van der Waals surface area contributed by atoms with Crippen molar-refractivity contribution >= 4 is 26.7 Å². The van der Waals surface area contributed by atoms with Crippen LogP contribution in [0.2, 0.25) is 0 Å². The Morgan fingerprint density at radius 3 is 2.36 bits per heavy atom. The molecule has 0 amide bonds. The maximum Gasteiger partial charge on any atom is 0.186 e. The maximum atomic E-state index is 5.47. The first kappa shape index (κ1) is 15.4. The van der Waals surface area contributed by atoms with E-state index in [9.17, 15) is 0 Å². The van der Waals surface area contributed by atoms with Gasteiger partial charge in [-0.3, -0.25) is 0 Å². The van der Waals surface area contributed by atoms with Gasteiger partial charge in [-0.15, -0.1) is 0 Å². The summed E-state index contributed by atoms with van der Waals surface area (Å²) in [4.78, 5) is 9.51. The van der Waals surface area contributed by atoms with Crippen LogP contribution >= 0.6 is 11.3 Å². The molecule has 3 rings (SSSR count). The van der Waals surface area contributed by atoms with Crippen molar-refractivity contribution in [3.05, 3.63) is 12.1 Å². The van der Waals surface area contributed by atoms with E-state index in [-0.39, 0.29) is 0 Å². The smallest absolute Gasteiger partial charge is 0.186 e. The number of piperidine rings is 1. The molecule has 1 aliphatic heterocycles. The Hall–Kier alpha value is -1.53. The van der Waals surface area contributed by atoms with Crippen molar-refractivity contribution < 1.29 is 9.47 Å². The SMILES string of the molecule is COc1ccc(OC)c2sc(N3CCC(N(C)C)CC3)nc12. The molecule has 1 saturated heterocycles. The minimum Gasteiger partial charge on any atom is -0.495 e. The van der Waals surface area contributed by atoms with E-state index in [0.29, 0.717) is 6.04 Å². The zero-order chi connectivity index (χ0) is 15.7. The Bertz CT molecular complexity index is 607. The van der Waals surface area contributed by atoms with E-state index in [1.807, 2.05) is 12.1 Å². The first-order valence-electron chi connectivity index (χ1n) is 7.57. The Morgan fingerprint density at radius 1 is 1.14 bits per heavy atom. The second-order valence-corrected chi connectivity index (χ2v) is 6.80. The van der Waals surface area contributed by atoms with Gasteiger partial charge in [-0.05, 0) is 39.1 Å². The number of benzene rings is 1. The van der Waals surface area contributed by atoms with Crippen LogP contribution < -0.4 is 14.4 Å². The van der Waals surface area contributed by atoms with E-state index >= 15 is 0 Å². The van der Waals surface area contributed by atoms with Gasteiger partial charge in [0.15, 0.2) is 5.13 Å². The number of anilines is 1. The molecule has 0 bridgehead atoms. The molecule has 0 N–H and O–H groups in total. The van der Waals surface area contributed by atoms with Gasteiger partial charge in [0.1, 0.15) is 21.7 Å².